The zero-order chi connectivity index (χ0) is 17.7. The molecule has 0 heterocycles. The molecule has 0 bridgehead atoms. The van der Waals surface area contributed by atoms with Crippen LogP contribution in [0.3, 0.4) is 0 Å². The third-order valence-corrected chi connectivity index (χ3v) is 5.37. The Balaban J connectivity index is 1.52. The lowest BCUT2D eigenvalue weighted by Gasteiger charge is -2.28. The Hall–Kier alpha value is -1.88. The fourth-order valence-electron chi connectivity index (χ4n) is 3.83. The number of unbranched alkanes of at least 4 members (excludes halogenated alkanes) is 1. The highest BCUT2D eigenvalue weighted by Gasteiger charge is 2.20. The van der Waals surface area contributed by atoms with Gasteiger partial charge in [0.25, 0.3) is 0 Å². The maximum atomic E-state index is 12.9. The molecule has 1 fully saturated rings. The van der Waals surface area contributed by atoms with Gasteiger partial charge < -0.3 is 0 Å². The minimum Gasteiger partial charge on any atom is -0.207 e. The van der Waals surface area contributed by atoms with E-state index in [0.717, 1.165) is 24.7 Å². The van der Waals surface area contributed by atoms with Crippen molar-refractivity contribution >= 4 is 0 Å². The average molecular weight is 339 g/mol. The molecule has 1 aliphatic carbocycles. The number of hydrogen-bond donors (Lipinski definition) is 0. The van der Waals surface area contributed by atoms with Crippen molar-refractivity contribution in [1.29, 1.82) is 5.26 Å². The Morgan fingerprint density at radius 2 is 1.64 bits per heavy atom. The Labute approximate surface area is 152 Å². The van der Waals surface area contributed by atoms with Gasteiger partial charge >= 0.3 is 0 Å². The molecule has 0 saturated heterocycles. The second-order valence-corrected chi connectivity index (χ2v) is 7.25. The SMILES string of the molecule is N#C/C=C/C=C/CC[C@H]1CC[C@H](CCCCc2ccc(F)cc2)CC1. The van der Waals surface area contributed by atoms with Crippen molar-refractivity contribution in [3.63, 3.8) is 0 Å². The topological polar surface area (TPSA) is 23.8 Å². The van der Waals surface area contributed by atoms with Gasteiger partial charge in [0.15, 0.2) is 0 Å². The van der Waals surface area contributed by atoms with Gasteiger partial charge in [-0.3, -0.25) is 0 Å². The van der Waals surface area contributed by atoms with Crippen LogP contribution in [0.1, 0.15) is 63.4 Å². The molecule has 1 aromatic rings. The molecule has 0 aromatic heterocycles. The van der Waals surface area contributed by atoms with Crippen molar-refractivity contribution in [3.05, 3.63) is 60.0 Å². The van der Waals surface area contributed by atoms with E-state index in [2.05, 4.69) is 6.08 Å². The predicted octanol–water partition coefficient (Wildman–Crippen LogP) is 6.76. The second-order valence-electron chi connectivity index (χ2n) is 7.25. The van der Waals surface area contributed by atoms with E-state index in [0.29, 0.717) is 0 Å². The van der Waals surface area contributed by atoms with E-state index in [1.165, 1.54) is 63.0 Å². The first-order valence-corrected chi connectivity index (χ1v) is 9.73. The summed E-state index contributed by atoms with van der Waals surface area (Å²) in [7, 11) is 0. The normalized spacial score (nSPS) is 21.0. The zero-order valence-corrected chi connectivity index (χ0v) is 15.2. The third kappa shape index (κ3) is 8.16. The van der Waals surface area contributed by atoms with Gasteiger partial charge in [-0.2, -0.15) is 5.26 Å². The van der Waals surface area contributed by atoms with Crippen molar-refractivity contribution in [1.82, 2.24) is 0 Å². The Kier molecular flexibility index (Phi) is 9.05. The first kappa shape index (κ1) is 19.4. The molecular formula is C23H30FN. The van der Waals surface area contributed by atoms with Crippen LogP contribution in [0.15, 0.2) is 48.6 Å². The second kappa shape index (κ2) is 11.6. The quantitative estimate of drug-likeness (QED) is 0.277. The number of rotatable bonds is 9. The van der Waals surface area contributed by atoms with Gasteiger partial charge in [-0.05, 0) is 55.2 Å². The molecule has 0 amide bonds. The first-order chi connectivity index (χ1) is 12.3. The van der Waals surface area contributed by atoms with Gasteiger partial charge in [-0.1, -0.05) is 68.9 Å². The van der Waals surface area contributed by atoms with Gasteiger partial charge in [-0.15, -0.1) is 0 Å². The van der Waals surface area contributed by atoms with Crippen molar-refractivity contribution in [2.75, 3.05) is 0 Å². The van der Waals surface area contributed by atoms with Crippen molar-refractivity contribution in [2.24, 2.45) is 11.8 Å². The molecule has 2 rings (SSSR count). The van der Waals surface area contributed by atoms with E-state index in [1.54, 1.807) is 12.1 Å². The summed E-state index contributed by atoms with van der Waals surface area (Å²) >= 11 is 0. The highest BCUT2D eigenvalue weighted by molar-refractivity contribution is 5.16. The molecule has 0 N–H and O–H groups in total. The molecular weight excluding hydrogens is 309 g/mol. The van der Waals surface area contributed by atoms with E-state index in [4.69, 9.17) is 5.26 Å². The van der Waals surface area contributed by atoms with E-state index >= 15 is 0 Å². The summed E-state index contributed by atoms with van der Waals surface area (Å²) in [6.07, 6.45) is 20.4. The number of benzene rings is 1. The smallest absolute Gasteiger partial charge is 0.123 e. The molecule has 0 unspecified atom stereocenters. The molecule has 25 heavy (non-hydrogen) atoms. The summed E-state index contributed by atoms with van der Waals surface area (Å²) < 4.78 is 12.9. The zero-order valence-electron chi connectivity index (χ0n) is 15.2. The molecule has 1 aliphatic rings. The van der Waals surface area contributed by atoms with Crippen molar-refractivity contribution in [3.8, 4) is 6.07 Å². The molecule has 1 saturated carbocycles. The molecule has 0 radical (unpaired) electrons. The summed E-state index contributed by atoms with van der Waals surface area (Å²) in [6.45, 7) is 0. The molecule has 1 nitrogen and oxygen atoms in total. The third-order valence-electron chi connectivity index (χ3n) is 5.37. The molecule has 0 spiro atoms. The van der Waals surface area contributed by atoms with Gasteiger partial charge in [0.1, 0.15) is 5.82 Å². The van der Waals surface area contributed by atoms with E-state index < -0.39 is 0 Å². The molecule has 1 aromatic carbocycles. The molecule has 134 valence electrons. The van der Waals surface area contributed by atoms with Gasteiger partial charge in [-0.25, -0.2) is 4.39 Å². The number of hydrogen-bond acceptors (Lipinski definition) is 1. The summed E-state index contributed by atoms with van der Waals surface area (Å²) in [6, 6.07) is 8.94. The minimum atomic E-state index is -0.144. The number of halogens is 1. The molecule has 0 aliphatic heterocycles. The maximum Gasteiger partial charge on any atom is 0.123 e. The van der Waals surface area contributed by atoms with Gasteiger partial charge in [0.2, 0.25) is 0 Å². The average Bonchev–Trinajstić information content (AvgIpc) is 2.64. The lowest BCUT2D eigenvalue weighted by atomic mass is 9.78. The van der Waals surface area contributed by atoms with E-state index in [1.807, 2.05) is 30.4 Å². The fraction of sp³-hybridized carbons (Fsp3) is 0.522. The van der Waals surface area contributed by atoms with Crippen LogP contribution >= 0.6 is 0 Å². The van der Waals surface area contributed by atoms with Gasteiger partial charge in [0, 0.05) is 6.08 Å². The van der Waals surface area contributed by atoms with Crippen LogP contribution in [0, 0.1) is 29.0 Å². The van der Waals surface area contributed by atoms with Crippen LogP contribution in [0.25, 0.3) is 0 Å². The Morgan fingerprint density at radius 1 is 0.960 bits per heavy atom. The maximum absolute atomic E-state index is 12.9. The standard InChI is InChI=1S/C23H30FN/c24-23-17-15-22(16-18-23)10-6-5-9-21-13-11-20(12-14-21)8-4-2-1-3-7-19-25/h1-3,7,15-18,20-21H,4-6,8-14H2/b2-1+,7-3+/t20-,21-. The molecule has 0 atom stereocenters. The van der Waals surface area contributed by atoms with E-state index in [9.17, 15) is 4.39 Å². The highest BCUT2D eigenvalue weighted by atomic mass is 19.1. The highest BCUT2D eigenvalue weighted by Crippen LogP contribution is 2.34. The van der Waals surface area contributed by atoms with Crippen LogP contribution in [0.5, 0.6) is 0 Å². The van der Waals surface area contributed by atoms with Crippen LogP contribution in [-0.4, -0.2) is 0 Å². The summed E-state index contributed by atoms with van der Waals surface area (Å²) in [5.41, 5.74) is 1.25. The number of allylic oxidation sites excluding steroid dienone is 4. The lowest BCUT2D eigenvalue weighted by Crippen LogP contribution is -2.14. The van der Waals surface area contributed by atoms with Crippen LogP contribution in [0.4, 0.5) is 4.39 Å². The monoisotopic (exact) mass is 339 g/mol. The predicted molar refractivity (Wildman–Crippen MR) is 103 cm³/mol. The van der Waals surface area contributed by atoms with Crippen molar-refractivity contribution < 1.29 is 4.39 Å². The van der Waals surface area contributed by atoms with Crippen LogP contribution < -0.4 is 0 Å². The Bertz CT molecular complexity index is 571. The number of nitriles is 1. The van der Waals surface area contributed by atoms with E-state index in [-0.39, 0.29) is 5.82 Å². The fourth-order valence-corrected chi connectivity index (χ4v) is 3.83. The van der Waals surface area contributed by atoms with Crippen molar-refractivity contribution in [2.45, 2.75) is 64.2 Å². The largest absolute Gasteiger partial charge is 0.207 e. The van der Waals surface area contributed by atoms with Crippen LogP contribution in [-0.2, 0) is 6.42 Å². The number of aryl methyl sites for hydroxylation is 1. The first-order valence-electron chi connectivity index (χ1n) is 9.73. The summed E-state index contributed by atoms with van der Waals surface area (Å²) in [5.74, 6) is 1.66. The summed E-state index contributed by atoms with van der Waals surface area (Å²) in [5, 5.41) is 8.41. The minimum absolute atomic E-state index is 0.144. The van der Waals surface area contributed by atoms with Gasteiger partial charge in [0.05, 0.1) is 6.07 Å². The number of nitrogens with zero attached hydrogens (tertiary/aromatic N) is 1. The van der Waals surface area contributed by atoms with Crippen LogP contribution in [0.2, 0.25) is 0 Å². The lowest BCUT2D eigenvalue weighted by molar-refractivity contribution is 0.250. The molecule has 2 heteroatoms. The summed E-state index contributed by atoms with van der Waals surface area (Å²) in [4.78, 5) is 0. The Morgan fingerprint density at radius 3 is 2.32 bits per heavy atom.